The van der Waals surface area contributed by atoms with Gasteiger partial charge in [-0.15, -0.1) is 0 Å². The number of rotatable bonds is 7. The van der Waals surface area contributed by atoms with Crippen LogP contribution in [0.1, 0.15) is 140 Å². The van der Waals surface area contributed by atoms with E-state index in [9.17, 15) is 0 Å². The molecule has 4 aliphatic carbocycles. The molecule has 0 unspecified atom stereocenters. The van der Waals surface area contributed by atoms with Crippen molar-refractivity contribution in [1.82, 2.24) is 0 Å². The quantitative estimate of drug-likeness (QED) is 0.347. The maximum absolute atomic E-state index is 2.63. The topological polar surface area (TPSA) is 0 Å². The van der Waals surface area contributed by atoms with Crippen LogP contribution in [0.15, 0.2) is 60.7 Å². The van der Waals surface area contributed by atoms with Gasteiger partial charge in [0.05, 0.1) is 0 Å². The normalized spacial score (nSPS) is 23.9. The maximum Gasteiger partial charge on any atom is 0.0111 e. The molecule has 0 aromatic heterocycles. The van der Waals surface area contributed by atoms with E-state index in [4.69, 9.17) is 0 Å². The van der Waals surface area contributed by atoms with Gasteiger partial charge in [0.15, 0.2) is 0 Å². The lowest BCUT2D eigenvalue weighted by Crippen LogP contribution is -2.65. The summed E-state index contributed by atoms with van der Waals surface area (Å²) in [6, 6.07) is 24.8. The van der Waals surface area contributed by atoms with Crippen molar-refractivity contribution < 1.29 is 0 Å². The summed E-state index contributed by atoms with van der Waals surface area (Å²) in [7, 11) is 0. The molecule has 6 rings (SSSR count). The second kappa shape index (κ2) is 12.3. The van der Waals surface area contributed by atoms with Crippen molar-refractivity contribution in [3.63, 3.8) is 0 Å². The van der Waals surface area contributed by atoms with Crippen LogP contribution < -0.4 is 0 Å². The molecule has 0 N–H and O–H groups in total. The third-order valence-corrected chi connectivity index (χ3v) is 12.2. The molecule has 2 aromatic carbocycles. The molecule has 0 aliphatic heterocycles. The molecule has 0 heterocycles. The van der Waals surface area contributed by atoms with Gasteiger partial charge in [-0.1, -0.05) is 138 Å². The van der Waals surface area contributed by atoms with E-state index in [1.807, 2.05) is 0 Å². The molecule has 206 valence electrons. The zero-order chi connectivity index (χ0) is 25.7. The van der Waals surface area contributed by atoms with E-state index in [-0.39, 0.29) is 10.8 Å². The second-order valence-corrected chi connectivity index (χ2v) is 13.8. The van der Waals surface area contributed by atoms with Crippen LogP contribution >= 0.6 is 0 Å². The molecule has 0 atom stereocenters. The Balaban J connectivity index is 1.70. The van der Waals surface area contributed by atoms with Crippen LogP contribution in [-0.2, 0) is 10.8 Å². The van der Waals surface area contributed by atoms with Crippen LogP contribution in [0.3, 0.4) is 0 Å². The Morgan fingerprint density at radius 3 is 0.789 bits per heavy atom. The largest absolute Gasteiger partial charge is 0.0622 e. The number of benzene rings is 2. The van der Waals surface area contributed by atoms with Crippen LogP contribution in [0, 0.1) is 23.7 Å². The average molecular weight is 511 g/mol. The van der Waals surface area contributed by atoms with E-state index in [0.717, 1.165) is 23.7 Å². The van der Waals surface area contributed by atoms with E-state index in [1.165, 1.54) is 128 Å². The molecule has 38 heavy (non-hydrogen) atoms. The summed E-state index contributed by atoms with van der Waals surface area (Å²) in [6.07, 6.45) is 29.1. The van der Waals surface area contributed by atoms with Crippen molar-refractivity contribution in [2.75, 3.05) is 0 Å². The lowest BCUT2D eigenvalue weighted by atomic mass is 9.36. The van der Waals surface area contributed by atoms with Crippen molar-refractivity contribution >= 4 is 0 Å². The first-order valence-corrected chi connectivity index (χ1v) is 17.0. The zero-order valence-corrected chi connectivity index (χ0v) is 24.2. The van der Waals surface area contributed by atoms with Gasteiger partial charge in [0.25, 0.3) is 0 Å². The highest BCUT2D eigenvalue weighted by Gasteiger charge is 2.65. The van der Waals surface area contributed by atoms with Gasteiger partial charge in [0, 0.05) is 10.8 Å². The molecule has 0 saturated heterocycles. The Labute approximate surface area is 234 Å². The van der Waals surface area contributed by atoms with Gasteiger partial charge < -0.3 is 0 Å². The highest BCUT2D eigenvalue weighted by atomic mass is 14.7. The Morgan fingerprint density at radius 1 is 0.316 bits per heavy atom. The highest BCUT2D eigenvalue weighted by molar-refractivity contribution is 5.44. The van der Waals surface area contributed by atoms with E-state index in [0.29, 0.717) is 0 Å². The summed E-state index contributed by atoms with van der Waals surface area (Å²) in [5.41, 5.74) is 4.03. The monoisotopic (exact) mass is 510 g/mol. The van der Waals surface area contributed by atoms with Gasteiger partial charge in [0.2, 0.25) is 0 Å². The summed E-state index contributed by atoms with van der Waals surface area (Å²) >= 11 is 0. The van der Waals surface area contributed by atoms with Crippen LogP contribution in [0.2, 0.25) is 0 Å². The highest BCUT2D eigenvalue weighted by Crippen LogP contribution is 2.68. The van der Waals surface area contributed by atoms with E-state index >= 15 is 0 Å². The minimum absolute atomic E-state index is 0.264. The molecule has 4 saturated carbocycles. The van der Waals surface area contributed by atoms with Gasteiger partial charge in [-0.3, -0.25) is 0 Å². The van der Waals surface area contributed by atoms with Gasteiger partial charge in [0.1, 0.15) is 0 Å². The van der Waals surface area contributed by atoms with Crippen LogP contribution in [0.5, 0.6) is 0 Å². The Bertz CT molecular complexity index is 832. The SMILES string of the molecule is c1ccc(C(C2CCCCC2)(C2CCCCC2)C(c2ccccc2)(C2CCCCC2)C2CCCCC2)cc1. The summed E-state index contributed by atoms with van der Waals surface area (Å²) in [5.74, 6) is 3.30. The third-order valence-electron chi connectivity index (χ3n) is 12.2. The Kier molecular flexibility index (Phi) is 8.63. The lowest BCUT2D eigenvalue weighted by Gasteiger charge is -2.67. The Hall–Kier alpha value is -1.56. The van der Waals surface area contributed by atoms with Crippen LogP contribution in [0.4, 0.5) is 0 Å². The smallest absolute Gasteiger partial charge is 0.0111 e. The molecule has 0 amide bonds. The number of hydrogen-bond donors (Lipinski definition) is 0. The average Bonchev–Trinajstić information content (AvgIpc) is 3.02. The molecule has 0 bridgehead atoms. The molecule has 2 aromatic rings. The molecule has 0 spiro atoms. The minimum Gasteiger partial charge on any atom is -0.0622 e. The molecule has 0 heteroatoms. The van der Waals surface area contributed by atoms with Crippen molar-refractivity contribution in [2.24, 2.45) is 23.7 Å². The zero-order valence-electron chi connectivity index (χ0n) is 24.2. The van der Waals surface area contributed by atoms with E-state index in [1.54, 1.807) is 11.1 Å². The first kappa shape index (κ1) is 26.7. The van der Waals surface area contributed by atoms with Gasteiger partial charge >= 0.3 is 0 Å². The van der Waals surface area contributed by atoms with Gasteiger partial charge in [-0.05, 0) is 86.2 Å². The van der Waals surface area contributed by atoms with Crippen molar-refractivity contribution in [3.05, 3.63) is 71.8 Å². The first-order valence-electron chi connectivity index (χ1n) is 17.0. The molecule has 4 aliphatic rings. The molecular weight excluding hydrogens is 456 g/mol. The summed E-state index contributed by atoms with van der Waals surface area (Å²) in [5, 5.41) is 0. The molecule has 0 nitrogen and oxygen atoms in total. The molecule has 0 radical (unpaired) electrons. The molecular formula is C38H54. The van der Waals surface area contributed by atoms with Gasteiger partial charge in [-0.2, -0.15) is 0 Å². The lowest BCUT2D eigenvalue weighted by molar-refractivity contribution is -0.0660. The van der Waals surface area contributed by atoms with Crippen molar-refractivity contribution in [3.8, 4) is 0 Å². The fourth-order valence-electron chi connectivity index (χ4n) is 11.1. The molecule has 4 fully saturated rings. The maximum atomic E-state index is 2.63. The van der Waals surface area contributed by atoms with Crippen molar-refractivity contribution in [2.45, 2.75) is 139 Å². The predicted molar refractivity (Wildman–Crippen MR) is 163 cm³/mol. The summed E-state index contributed by atoms with van der Waals surface area (Å²) in [6.45, 7) is 0. The van der Waals surface area contributed by atoms with Crippen LogP contribution in [-0.4, -0.2) is 0 Å². The van der Waals surface area contributed by atoms with E-state index in [2.05, 4.69) is 60.7 Å². The number of hydrogen-bond acceptors (Lipinski definition) is 0. The summed E-state index contributed by atoms with van der Waals surface area (Å²) < 4.78 is 0. The fourth-order valence-corrected chi connectivity index (χ4v) is 11.1. The standard InChI is InChI=1S/C38H54/c1-7-19-31(20-8-1)37(32-21-9-2-10-22-32,33-23-11-3-12-24-33)38(34-25-13-4-14-26-34,35-27-15-5-16-28-35)36-29-17-6-18-30-36/h1,4,7-8,13-14,19-20,25-26,32-33,35-36H,2-3,5-6,9-12,15-18,21-24,27-30H2. The first-order chi connectivity index (χ1) is 18.9. The van der Waals surface area contributed by atoms with Crippen molar-refractivity contribution in [1.29, 1.82) is 0 Å². The third kappa shape index (κ3) is 4.61. The fraction of sp³-hybridized carbons (Fsp3) is 0.684. The van der Waals surface area contributed by atoms with E-state index < -0.39 is 0 Å². The summed E-state index contributed by atoms with van der Waals surface area (Å²) in [4.78, 5) is 0. The predicted octanol–water partition coefficient (Wildman–Crippen LogP) is 11.2. The van der Waals surface area contributed by atoms with Gasteiger partial charge in [-0.25, -0.2) is 0 Å². The van der Waals surface area contributed by atoms with Crippen LogP contribution in [0.25, 0.3) is 0 Å². The minimum atomic E-state index is 0.264. The second-order valence-electron chi connectivity index (χ2n) is 13.8. The Morgan fingerprint density at radius 2 is 0.553 bits per heavy atom.